The number of rotatable bonds is 4. The lowest BCUT2D eigenvalue weighted by Gasteiger charge is -2.00. The molecule has 0 aliphatic rings. The minimum atomic E-state index is 0.00169. The van der Waals surface area contributed by atoms with Crippen LogP contribution in [0.15, 0.2) is 89.2 Å². The SMILES string of the molecule is CC(=O)c1cccc(N=Nc2c(-c3ccccc3)nc3ccccn23)c1. The van der Waals surface area contributed by atoms with E-state index in [0.717, 1.165) is 16.9 Å². The predicted octanol–water partition coefficient (Wildman–Crippen LogP) is 5.62. The number of benzene rings is 2. The maximum absolute atomic E-state index is 11.6. The third-order valence-electron chi connectivity index (χ3n) is 4.06. The fraction of sp³-hybridized carbons (Fsp3) is 0.0476. The molecule has 0 radical (unpaired) electrons. The van der Waals surface area contributed by atoms with E-state index in [-0.39, 0.29) is 5.78 Å². The summed E-state index contributed by atoms with van der Waals surface area (Å²) in [6, 6.07) is 22.8. The zero-order valence-corrected chi connectivity index (χ0v) is 14.2. The van der Waals surface area contributed by atoms with E-state index in [1.165, 1.54) is 6.92 Å². The molecular formula is C21H16N4O. The Morgan fingerprint density at radius 3 is 2.54 bits per heavy atom. The van der Waals surface area contributed by atoms with Crippen molar-refractivity contribution >= 4 is 22.9 Å². The third-order valence-corrected chi connectivity index (χ3v) is 4.06. The van der Waals surface area contributed by atoms with Gasteiger partial charge in [0.2, 0.25) is 0 Å². The number of ketones is 1. The van der Waals surface area contributed by atoms with Crippen LogP contribution in [0.25, 0.3) is 16.9 Å². The van der Waals surface area contributed by atoms with Gasteiger partial charge in [-0.25, -0.2) is 4.98 Å². The first-order chi connectivity index (χ1) is 12.7. The summed E-state index contributed by atoms with van der Waals surface area (Å²) in [4.78, 5) is 16.3. The highest BCUT2D eigenvalue weighted by atomic mass is 16.1. The van der Waals surface area contributed by atoms with E-state index in [2.05, 4.69) is 10.2 Å². The quantitative estimate of drug-likeness (QED) is 0.357. The van der Waals surface area contributed by atoms with E-state index in [9.17, 15) is 4.79 Å². The normalized spacial score (nSPS) is 11.3. The van der Waals surface area contributed by atoms with Crippen LogP contribution in [0.5, 0.6) is 0 Å². The average Bonchev–Trinajstić information content (AvgIpc) is 3.06. The Labute approximate surface area is 150 Å². The van der Waals surface area contributed by atoms with Crippen molar-refractivity contribution in [2.75, 3.05) is 0 Å². The lowest BCUT2D eigenvalue weighted by molar-refractivity contribution is 0.101. The summed E-state index contributed by atoms with van der Waals surface area (Å²) in [6.45, 7) is 1.54. The fourth-order valence-corrected chi connectivity index (χ4v) is 2.76. The number of carbonyl (C=O) groups excluding carboxylic acids is 1. The van der Waals surface area contributed by atoms with Crippen molar-refractivity contribution < 1.29 is 4.79 Å². The van der Waals surface area contributed by atoms with Gasteiger partial charge in [0.1, 0.15) is 11.3 Å². The van der Waals surface area contributed by atoms with Crippen molar-refractivity contribution in [2.24, 2.45) is 10.2 Å². The fourth-order valence-electron chi connectivity index (χ4n) is 2.76. The molecule has 4 aromatic rings. The molecule has 26 heavy (non-hydrogen) atoms. The van der Waals surface area contributed by atoms with Gasteiger partial charge < -0.3 is 0 Å². The lowest BCUT2D eigenvalue weighted by Crippen LogP contribution is -1.89. The number of Topliss-reactive ketones (excluding diaryl/α,β-unsaturated/α-hetero) is 1. The van der Waals surface area contributed by atoms with Gasteiger partial charge in [-0.2, -0.15) is 0 Å². The molecule has 0 aliphatic carbocycles. The lowest BCUT2D eigenvalue weighted by atomic mass is 10.1. The molecule has 0 unspecified atom stereocenters. The van der Waals surface area contributed by atoms with Crippen molar-refractivity contribution in [3.63, 3.8) is 0 Å². The Kier molecular flexibility index (Phi) is 4.11. The zero-order chi connectivity index (χ0) is 17.9. The summed E-state index contributed by atoms with van der Waals surface area (Å²) in [5.74, 6) is 0.654. The second-order valence-electron chi connectivity index (χ2n) is 5.89. The molecule has 5 nitrogen and oxygen atoms in total. The molecule has 2 aromatic heterocycles. The number of hydrogen-bond acceptors (Lipinski definition) is 4. The molecule has 0 aliphatic heterocycles. The molecule has 2 heterocycles. The van der Waals surface area contributed by atoms with Gasteiger partial charge in [0.25, 0.3) is 0 Å². The first kappa shape index (κ1) is 15.9. The van der Waals surface area contributed by atoms with E-state index >= 15 is 0 Å². The average molecular weight is 340 g/mol. The number of hydrogen-bond donors (Lipinski definition) is 0. The first-order valence-corrected chi connectivity index (χ1v) is 8.27. The van der Waals surface area contributed by atoms with Gasteiger partial charge in [0.05, 0.1) is 5.69 Å². The van der Waals surface area contributed by atoms with Gasteiger partial charge in [-0.3, -0.25) is 9.20 Å². The first-order valence-electron chi connectivity index (χ1n) is 8.27. The Hall–Kier alpha value is -3.60. The summed E-state index contributed by atoms with van der Waals surface area (Å²) in [6.07, 6.45) is 1.91. The number of aromatic nitrogens is 2. The van der Waals surface area contributed by atoms with Crippen LogP contribution in [0, 0.1) is 0 Å². The summed E-state index contributed by atoms with van der Waals surface area (Å²) in [5.41, 5.74) is 3.79. The molecule has 4 rings (SSSR count). The smallest absolute Gasteiger partial charge is 0.187 e. The van der Waals surface area contributed by atoms with E-state index in [1.54, 1.807) is 18.2 Å². The Balaban J connectivity index is 1.83. The standard InChI is InChI=1S/C21H16N4O/c1-15(26)17-10-7-11-18(14-17)23-24-21-20(16-8-3-2-4-9-16)22-19-12-5-6-13-25(19)21/h2-14H,1H3. The van der Waals surface area contributed by atoms with Crippen LogP contribution in [-0.4, -0.2) is 15.2 Å². The maximum Gasteiger partial charge on any atom is 0.187 e. The minimum absolute atomic E-state index is 0.00169. The van der Waals surface area contributed by atoms with E-state index in [1.807, 2.05) is 65.2 Å². The highest BCUT2D eigenvalue weighted by molar-refractivity contribution is 5.94. The highest BCUT2D eigenvalue weighted by Crippen LogP contribution is 2.32. The Morgan fingerprint density at radius 2 is 1.73 bits per heavy atom. The van der Waals surface area contributed by atoms with Crippen LogP contribution in [0.4, 0.5) is 11.5 Å². The van der Waals surface area contributed by atoms with E-state index in [0.29, 0.717) is 17.1 Å². The molecule has 0 spiro atoms. The van der Waals surface area contributed by atoms with Gasteiger partial charge in [-0.15, -0.1) is 10.2 Å². The van der Waals surface area contributed by atoms with Crippen LogP contribution >= 0.6 is 0 Å². The minimum Gasteiger partial charge on any atom is -0.295 e. The molecule has 0 saturated carbocycles. The van der Waals surface area contributed by atoms with E-state index in [4.69, 9.17) is 4.98 Å². The van der Waals surface area contributed by atoms with Crippen LogP contribution in [-0.2, 0) is 0 Å². The molecule has 0 atom stereocenters. The number of carbonyl (C=O) groups is 1. The molecule has 0 fully saturated rings. The maximum atomic E-state index is 11.6. The second-order valence-corrected chi connectivity index (χ2v) is 5.89. The van der Waals surface area contributed by atoms with Crippen LogP contribution in [0.2, 0.25) is 0 Å². The van der Waals surface area contributed by atoms with Gasteiger partial charge >= 0.3 is 0 Å². The molecule has 0 amide bonds. The van der Waals surface area contributed by atoms with Crippen molar-refractivity contribution in [3.05, 3.63) is 84.6 Å². The third kappa shape index (κ3) is 3.02. The van der Waals surface area contributed by atoms with Gasteiger partial charge in [0, 0.05) is 17.3 Å². The molecule has 0 N–H and O–H groups in total. The summed E-state index contributed by atoms with van der Waals surface area (Å²) < 4.78 is 1.90. The molecule has 126 valence electrons. The number of pyridine rings is 1. The highest BCUT2D eigenvalue weighted by Gasteiger charge is 2.13. The summed E-state index contributed by atoms with van der Waals surface area (Å²) >= 11 is 0. The summed E-state index contributed by atoms with van der Waals surface area (Å²) in [7, 11) is 0. The van der Waals surface area contributed by atoms with Crippen molar-refractivity contribution in [1.29, 1.82) is 0 Å². The van der Waals surface area contributed by atoms with E-state index < -0.39 is 0 Å². The van der Waals surface area contributed by atoms with Crippen molar-refractivity contribution in [1.82, 2.24) is 9.38 Å². The van der Waals surface area contributed by atoms with Crippen LogP contribution < -0.4 is 0 Å². The topological polar surface area (TPSA) is 59.1 Å². The van der Waals surface area contributed by atoms with Crippen molar-refractivity contribution in [2.45, 2.75) is 6.92 Å². The molecule has 5 heteroatoms. The second kappa shape index (κ2) is 6.72. The number of imidazole rings is 1. The number of azo groups is 1. The Morgan fingerprint density at radius 1 is 0.923 bits per heavy atom. The van der Waals surface area contributed by atoms with Crippen LogP contribution in [0.1, 0.15) is 17.3 Å². The number of fused-ring (bicyclic) bond motifs is 1. The zero-order valence-electron chi connectivity index (χ0n) is 14.2. The predicted molar refractivity (Wildman–Crippen MR) is 101 cm³/mol. The molecular weight excluding hydrogens is 324 g/mol. The summed E-state index contributed by atoms with van der Waals surface area (Å²) in [5, 5.41) is 8.80. The molecule has 2 aromatic carbocycles. The van der Waals surface area contributed by atoms with Gasteiger partial charge in [-0.1, -0.05) is 48.5 Å². The van der Waals surface area contributed by atoms with Gasteiger partial charge in [-0.05, 0) is 31.2 Å². The Bertz CT molecular complexity index is 1110. The van der Waals surface area contributed by atoms with Gasteiger partial charge in [0.15, 0.2) is 11.6 Å². The van der Waals surface area contributed by atoms with Crippen LogP contribution in [0.3, 0.4) is 0 Å². The largest absolute Gasteiger partial charge is 0.295 e. The molecule has 0 bridgehead atoms. The monoisotopic (exact) mass is 340 g/mol. The number of nitrogens with zero attached hydrogens (tertiary/aromatic N) is 4. The van der Waals surface area contributed by atoms with Crippen molar-refractivity contribution in [3.8, 4) is 11.3 Å². The molecule has 0 saturated heterocycles.